The smallest absolute Gasteiger partial charge is 0.124 e. The number of benzene rings is 3. The van der Waals surface area contributed by atoms with Gasteiger partial charge in [-0.15, -0.1) is 18.0 Å². The van der Waals surface area contributed by atoms with Gasteiger partial charge >= 0.3 is 0 Å². The zero-order valence-electron chi connectivity index (χ0n) is 12.1. The number of alkyl halides is 1. The van der Waals surface area contributed by atoms with Crippen LogP contribution >= 0.6 is 11.6 Å². The topological polar surface area (TPSA) is 9.23 Å². The second kappa shape index (κ2) is 6.56. The van der Waals surface area contributed by atoms with Crippen LogP contribution in [0.25, 0.3) is 10.8 Å². The summed E-state index contributed by atoms with van der Waals surface area (Å²) in [5, 5.41) is 2.30. The third-order valence-electron chi connectivity index (χ3n) is 3.62. The maximum absolute atomic E-state index is 6.13. The fraction of sp³-hybridized carbons (Fsp3) is 0.100. The summed E-state index contributed by atoms with van der Waals surface area (Å²) in [4.78, 5) is 0. The lowest BCUT2D eigenvalue weighted by molar-refractivity contribution is 0.304. The van der Waals surface area contributed by atoms with Gasteiger partial charge in [0.1, 0.15) is 12.4 Å². The predicted molar refractivity (Wildman–Crippen MR) is 92.2 cm³/mol. The summed E-state index contributed by atoms with van der Waals surface area (Å²) in [6, 6.07) is 20.0. The second-order valence-electron chi connectivity index (χ2n) is 5.03. The van der Waals surface area contributed by atoms with Gasteiger partial charge in [0.15, 0.2) is 0 Å². The SMILES string of the molecule is C#Cc1cccc(COc2ccc3ccccc3c2CCl)c1. The monoisotopic (exact) mass is 306 g/mol. The molecule has 0 aliphatic rings. The summed E-state index contributed by atoms with van der Waals surface area (Å²) in [6.07, 6.45) is 5.43. The average Bonchev–Trinajstić information content (AvgIpc) is 2.59. The molecule has 0 heterocycles. The van der Waals surface area contributed by atoms with Gasteiger partial charge in [-0.25, -0.2) is 0 Å². The van der Waals surface area contributed by atoms with Crippen molar-refractivity contribution in [1.82, 2.24) is 0 Å². The van der Waals surface area contributed by atoms with E-state index in [-0.39, 0.29) is 0 Å². The van der Waals surface area contributed by atoms with Gasteiger partial charge in [-0.05, 0) is 34.5 Å². The second-order valence-corrected chi connectivity index (χ2v) is 5.30. The van der Waals surface area contributed by atoms with E-state index in [2.05, 4.69) is 24.1 Å². The van der Waals surface area contributed by atoms with E-state index in [4.69, 9.17) is 22.8 Å². The molecule has 0 radical (unpaired) electrons. The van der Waals surface area contributed by atoms with Crippen molar-refractivity contribution in [3.8, 4) is 18.1 Å². The zero-order chi connectivity index (χ0) is 15.4. The Labute approximate surface area is 135 Å². The molecule has 0 aromatic heterocycles. The normalized spacial score (nSPS) is 10.4. The van der Waals surface area contributed by atoms with Gasteiger partial charge in [0.05, 0.1) is 5.88 Å². The molecule has 2 heteroatoms. The van der Waals surface area contributed by atoms with E-state index in [0.717, 1.165) is 27.8 Å². The van der Waals surface area contributed by atoms with Crippen molar-refractivity contribution in [3.05, 3.63) is 77.4 Å². The molecule has 0 saturated heterocycles. The van der Waals surface area contributed by atoms with Crippen LogP contribution in [0.1, 0.15) is 16.7 Å². The van der Waals surface area contributed by atoms with Gasteiger partial charge in [0.25, 0.3) is 0 Å². The Bertz CT molecular complexity index is 846. The molecule has 0 amide bonds. The Morgan fingerprint density at radius 1 is 1.00 bits per heavy atom. The fourth-order valence-electron chi connectivity index (χ4n) is 2.50. The van der Waals surface area contributed by atoms with Gasteiger partial charge in [-0.1, -0.05) is 48.4 Å². The van der Waals surface area contributed by atoms with Crippen molar-refractivity contribution >= 4 is 22.4 Å². The summed E-state index contributed by atoms with van der Waals surface area (Å²) in [6.45, 7) is 0.470. The maximum Gasteiger partial charge on any atom is 0.124 e. The zero-order valence-corrected chi connectivity index (χ0v) is 12.8. The molecule has 3 rings (SSSR count). The number of rotatable bonds is 4. The van der Waals surface area contributed by atoms with E-state index in [1.807, 2.05) is 42.5 Å². The van der Waals surface area contributed by atoms with Crippen molar-refractivity contribution in [3.63, 3.8) is 0 Å². The molecule has 3 aromatic carbocycles. The summed E-state index contributed by atoms with van der Waals surface area (Å²) in [7, 11) is 0. The van der Waals surface area contributed by atoms with Crippen LogP contribution in [0.5, 0.6) is 5.75 Å². The highest BCUT2D eigenvalue weighted by atomic mass is 35.5. The molecule has 0 bridgehead atoms. The quantitative estimate of drug-likeness (QED) is 0.479. The molecule has 0 aliphatic carbocycles. The summed E-state index contributed by atoms with van der Waals surface area (Å²) in [5.74, 6) is 3.87. The Kier molecular flexibility index (Phi) is 4.32. The Hall–Kier alpha value is -2.43. The molecular formula is C20H15ClO. The van der Waals surface area contributed by atoms with Gasteiger partial charge in [0.2, 0.25) is 0 Å². The van der Waals surface area contributed by atoms with Crippen LogP contribution in [0.3, 0.4) is 0 Å². The van der Waals surface area contributed by atoms with E-state index >= 15 is 0 Å². The number of terminal acetylenes is 1. The third kappa shape index (κ3) is 2.93. The Balaban J connectivity index is 1.89. The number of hydrogen-bond acceptors (Lipinski definition) is 1. The minimum Gasteiger partial charge on any atom is -0.489 e. The van der Waals surface area contributed by atoms with Crippen LogP contribution in [-0.4, -0.2) is 0 Å². The first-order valence-electron chi connectivity index (χ1n) is 7.07. The third-order valence-corrected chi connectivity index (χ3v) is 3.89. The largest absolute Gasteiger partial charge is 0.489 e. The van der Waals surface area contributed by atoms with Crippen molar-refractivity contribution in [1.29, 1.82) is 0 Å². The van der Waals surface area contributed by atoms with E-state index < -0.39 is 0 Å². The van der Waals surface area contributed by atoms with E-state index in [1.54, 1.807) is 0 Å². The summed E-state index contributed by atoms with van der Waals surface area (Å²) >= 11 is 6.13. The highest BCUT2D eigenvalue weighted by Gasteiger charge is 2.08. The molecule has 3 aromatic rings. The Morgan fingerprint density at radius 2 is 1.86 bits per heavy atom. The van der Waals surface area contributed by atoms with Gasteiger partial charge in [0, 0.05) is 11.1 Å². The van der Waals surface area contributed by atoms with Crippen molar-refractivity contribution in [2.24, 2.45) is 0 Å². The van der Waals surface area contributed by atoms with Crippen molar-refractivity contribution in [2.75, 3.05) is 0 Å². The van der Waals surface area contributed by atoms with E-state index in [1.165, 1.54) is 5.39 Å². The first-order chi connectivity index (χ1) is 10.8. The average molecular weight is 307 g/mol. The first-order valence-corrected chi connectivity index (χ1v) is 7.60. The lowest BCUT2D eigenvalue weighted by atomic mass is 10.0. The predicted octanol–water partition coefficient (Wildman–Crippen LogP) is 5.14. The number of ether oxygens (including phenoxy) is 1. The highest BCUT2D eigenvalue weighted by molar-refractivity contribution is 6.18. The van der Waals surface area contributed by atoms with Crippen molar-refractivity contribution < 1.29 is 4.74 Å². The van der Waals surface area contributed by atoms with E-state index in [0.29, 0.717) is 12.5 Å². The number of hydrogen-bond donors (Lipinski definition) is 0. The molecule has 0 N–H and O–H groups in total. The molecule has 0 fully saturated rings. The Morgan fingerprint density at radius 3 is 2.68 bits per heavy atom. The molecule has 0 unspecified atom stereocenters. The van der Waals surface area contributed by atoms with Crippen LogP contribution in [0, 0.1) is 12.3 Å². The number of halogens is 1. The fourth-order valence-corrected chi connectivity index (χ4v) is 2.78. The minimum absolute atomic E-state index is 0.418. The molecule has 1 nitrogen and oxygen atoms in total. The molecule has 22 heavy (non-hydrogen) atoms. The standard InChI is InChI=1S/C20H15ClO/c1-2-15-6-5-7-16(12-15)14-22-20-11-10-17-8-3-4-9-18(17)19(20)13-21/h1,3-12H,13-14H2. The molecule has 0 saturated carbocycles. The van der Waals surface area contributed by atoms with Crippen LogP contribution in [-0.2, 0) is 12.5 Å². The molecular weight excluding hydrogens is 292 g/mol. The molecule has 0 aliphatic heterocycles. The van der Waals surface area contributed by atoms with Gasteiger partial charge in [-0.2, -0.15) is 0 Å². The first kappa shape index (κ1) is 14.5. The van der Waals surface area contributed by atoms with Crippen LogP contribution in [0.4, 0.5) is 0 Å². The number of fused-ring (bicyclic) bond motifs is 1. The summed E-state index contributed by atoms with van der Waals surface area (Å²) in [5.41, 5.74) is 2.93. The molecule has 108 valence electrons. The molecule has 0 spiro atoms. The van der Waals surface area contributed by atoms with Gasteiger partial charge in [-0.3, -0.25) is 0 Å². The molecule has 0 atom stereocenters. The highest BCUT2D eigenvalue weighted by Crippen LogP contribution is 2.30. The van der Waals surface area contributed by atoms with Gasteiger partial charge < -0.3 is 4.74 Å². The maximum atomic E-state index is 6.13. The van der Waals surface area contributed by atoms with Crippen LogP contribution in [0.15, 0.2) is 60.7 Å². The van der Waals surface area contributed by atoms with Crippen LogP contribution in [0.2, 0.25) is 0 Å². The summed E-state index contributed by atoms with van der Waals surface area (Å²) < 4.78 is 5.97. The minimum atomic E-state index is 0.418. The lowest BCUT2D eigenvalue weighted by Gasteiger charge is -2.13. The van der Waals surface area contributed by atoms with Crippen molar-refractivity contribution in [2.45, 2.75) is 12.5 Å². The van der Waals surface area contributed by atoms with Crippen LogP contribution < -0.4 is 4.74 Å². The van der Waals surface area contributed by atoms with E-state index in [9.17, 15) is 0 Å². The lowest BCUT2D eigenvalue weighted by Crippen LogP contribution is -1.99.